The monoisotopic (exact) mass is 324 g/mol. The number of fused-ring (bicyclic) bond motifs is 1. The fourth-order valence-corrected chi connectivity index (χ4v) is 3.15. The molecule has 0 N–H and O–H groups in total. The van der Waals surface area contributed by atoms with Gasteiger partial charge in [-0.2, -0.15) is 0 Å². The van der Waals surface area contributed by atoms with E-state index < -0.39 is 0 Å². The summed E-state index contributed by atoms with van der Waals surface area (Å²) < 4.78 is 5.75. The summed E-state index contributed by atoms with van der Waals surface area (Å²) in [5.74, 6) is 1.02. The number of hydrogen-bond acceptors (Lipinski definition) is 1. The SMILES string of the molecule is C(=Cc1ccc2c(c1C=Cc1ccccc1)CCO2)c1ccccc1. The summed E-state index contributed by atoms with van der Waals surface area (Å²) in [6.07, 6.45) is 9.72. The Morgan fingerprint density at radius 1 is 0.640 bits per heavy atom. The van der Waals surface area contributed by atoms with Crippen LogP contribution in [0, 0.1) is 0 Å². The minimum absolute atomic E-state index is 0.771. The highest BCUT2D eigenvalue weighted by Gasteiger charge is 2.16. The predicted octanol–water partition coefficient (Wildman–Crippen LogP) is 5.96. The van der Waals surface area contributed by atoms with Crippen LogP contribution in [0.2, 0.25) is 0 Å². The van der Waals surface area contributed by atoms with Crippen molar-refractivity contribution in [1.82, 2.24) is 0 Å². The third-order valence-corrected chi connectivity index (χ3v) is 4.45. The summed E-state index contributed by atoms with van der Waals surface area (Å²) >= 11 is 0. The van der Waals surface area contributed by atoms with Crippen molar-refractivity contribution in [2.45, 2.75) is 6.42 Å². The number of benzene rings is 3. The first kappa shape index (κ1) is 15.5. The smallest absolute Gasteiger partial charge is 0.123 e. The molecule has 122 valence electrons. The van der Waals surface area contributed by atoms with Gasteiger partial charge in [0.1, 0.15) is 5.75 Å². The van der Waals surface area contributed by atoms with Crippen molar-refractivity contribution in [3.8, 4) is 5.75 Å². The lowest BCUT2D eigenvalue weighted by Gasteiger charge is -2.08. The zero-order valence-corrected chi connectivity index (χ0v) is 14.1. The van der Waals surface area contributed by atoms with E-state index in [1.54, 1.807) is 0 Å². The maximum Gasteiger partial charge on any atom is 0.123 e. The second kappa shape index (κ2) is 7.23. The Labute approximate surface area is 148 Å². The van der Waals surface area contributed by atoms with Gasteiger partial charge in [0.25, 0.3) is 0 Å². The summed E-state index contributed by atoms with van der Waals surface area (Å²) in [5.41, 5.74) is 6.20. The molecule has 1 nitrogen and oxygen atoms in total. The normalized spacial score (nSPS) is 13.3. The molecule has 0 aromatic heterocycles. The van der Waals surface area contributed by atoms with Crippen molar-refractivity contribution < 1.29 is 4.74 Å². The average molecular weight is 324 g/mol. The third-order valence-electron chi connectivity index (χ3n) is 4.45. The van der Waals surface area contributed by atoms with Crippen LogP contribution in [0.25, 0.3) is 24.3 Å². The molecule has 1 aliphatic heterocycles. The lowest BCUT2D eigenvalue weighted by molar-refractivity contribution is 0.357. The molecule has 0 fully saturated rings. The van der Waals surface area contributed by atoms with Gasteiger partial charge in [-0.25, -0.2) is 0 Å². The molecule has 0 spiro atoms. The molecule has 0 bridgehead atoms. The van der Waals surface area contributed by atoms with Crippen LogP contribution in [0.5, 0.6) is 5.75 Å². The molecular formula is C24H20O. The van der Waals surface area contributed by atoms with Crippen molar-refractivity contribution >= 4 is 24.3 Å². The summed E-state index contributed by atoms with van der Waals surface area (Å²) in [7, 11) is 0. The highest BCUT2D eigenvalue weighted by Crippen LogP contribution is 2.33. The molecule has 1 heteroatoms. The van der Waals surface area contributed by atoms with Gasteiger partial charge in [0.05, 0.1) is 6.61 Å². The van der Waals surface area contributed by atoms with Gasteiger partial charge in [-0.3, -0.25) is 0 Å². The zero-order chi connectivity index (χ0) is 16.9. The Morgan fingerprint density at radius 3 is 1.96 bits per heavy atom. The van der Waals surface area contributed by atoms with Gasteiger partial charge in [-0.15, -0.1) is 0 Å². The van der Waals surface area contributed by atoms with Crippen LogP contribution < -0.4 is 4.74 Å². The maximum absolute atomic E-state index is 5.75. The highest BCUT2D eigenvalue weighted by molar-refractivity contribution is 5.82. The number of ether oxygens (including phenoxy) is 1. The van der Waals surface area contributed by atoms with Crippen LogP contribution >= 0.6 is 0 Å². The number of rotatable bonds is 4. The molecular weight excluding hydrogens is 304 g/mol. The lowest BCUT2D eigenvalue weighted by Crippen LogP contribution is -1.89. The highest BCUT2D eigenvalue weighted by atomic mass is 16.5. The van der Waals surface area contributed by atoms with Gasteiger partial charge in [-0.05, 0) is 28.3 Å². The quantitative estimate of drug-likeness (QED) is 0.538. The fraction of sp³-hybridized carbons (Fsp3) is 0.0833. The summed E-state index contributed by atoms with van der Waals surface area (Å²) in [6, 6.07) is 25.0. The van der Waals surface area contributed by atoms with Crippen LogP contribution in [-0.2, 0) is 6.42 Å². The molecule has 0 atom stereocenters. The Hall–Kier alpha value is -3.06. The number of hydrogen-bond donors (Lipinski definition) is 0. The van der Waals surface area contributed by atoms with E-state index in [0.29, 0.717) is 0 Å². The van der Waals surface area contributed by atoms with Crippen LogP contribution in [-0.4, -0.2) is 6.61 Å². The van der Waals surface area contributed by atoms with Gasteiger partial charge >= 0.3 is 0 Å². The van der Waals surface area contributed by atoms with Crippen molar-refractivity contribution in [1.29, 1.82) is 0 Å². The van der Waals surface area contributed by atoms with Gasteiger partial charge in [0.2, 0.25) is 0 Å². The topological polar surface area (TPSA) is 9.23 Å². The Morgan fingerprint density at radius 2 is 1.28 bits per heavy atom. The second-order valence-corrected chi connectivity index (χ2v) is 6.13. The van der Waals surface area contributed by atoms with Crippen molar-refractivity contribution in [2.24, 2.45) is 0 Å². The van der Waals surface area contributed by atoms with Gasteiger partial charge in [0, 0.05) is 12.0 Å². The first-order valence-corrected chi connectivity index (χ1v) is 8.65. The van der Waals surface area contributed by atoms with Gasteiger partial charge in [0.15, 0.2) is 0 Å². The first-order chi connectivity index (χ1) is 12.4. The Bertz CT molecular complexity index is 906. The molecule has 3 aromatic rings. The van der Waals surface area contributed by atoms with Gasteiger partial charge in [-0.1, -0.05) is 91.0 Å². The molecule has 0 aliphatic carbocycles. The van der Waals surface area contributed by atoms with Crippen LogP contribution in [0.1, 0.15) is 27.8 Å². The summed E-state index contributed by atoms with van der Waals surface area (Å²) in [6.45, 7) is 0.771. The van der Waals surface area contributed by atoms with Crippen molar-refractivity contribution in [3.05, 3.63) is 101 Å². The second-order valence-electron chi connectivity index (χ2n) is 6.13. The average Bonchev–Trinajstić information content (AvgIpc) is 3.15. The molecule has 25 heavy (non-hydrogen) atoms. The molecule has 1 aliphatic rings. The van der Waals surface area contributed by atoms with E-state index in [0.717, 1.165) is 18.8 Å². The largest absolute Gasteiger partial charge is 0.493 e. The van der Waals surface area contributed by atoms with Crippen molar-refractivity contribution in [2.75, 3.05) is 6.61 Å². The lowest BCUT2D eigenvalue weighted by atomic mass is 9.97. The van der Waals surface area contributed by atoms with E-state index in [2.05, 4.69) is 85.0 Å². The first-order valence-electron chi connectivity index (χ1n) is 8.65. The molecule has 0 saturated heterocycles. The van der Waals surface area contributed by atoms with E-state index in [9.17, 15) is 0 Å². The molecule has 0 unspecified atom stereocenters. The molecule has 0 saturated carbocycles. The summed E-state index contributed by atoms with van der Waals surface area (Å²) in [4.78, 5) is 0. The standard InChI is InChI=1S/C24H20O/c1-3-7-19(8-4-1)11-13-21-14-16-24-23(17-18-25-24)22(21)15-12-20-9-5-2-6-10-20/h1-16H,17-18H2. The van der Waals surface area contributed by atoms with Crippen molar-refractivity contribution in [3.63, 3.8) is 0 Å². The minimum Gasteiger partial charge on any atom is -0.493 e. The molecule has 0 radical (unpaired) electrons. The molecule has 0 amide bonds. The molecule has 4 rings (SSSR count). The predicted molar refractivity (Wildman–Crippen MR) is 106 cm³/mol. The Kier molecular flexibility index (Phi) is 4.47. The molecule has 1 heterocycles. The maximum atomic E-state index is 5.75. The molecule has 3 aromatic carbocycles. The van der Waals surface area contributed by atoms with Crippen LogP contribution in [0.15, 0.2) is 72.8 Å². The zero-order valence-electron chi connectivity index (χ0n) is 14.1. The van der Waals surface area contributed by atoms with Crippen LogP contribution in [0.4, 0.5) is 0 Å². The minimum atomic E-state index is 0.771. The summed E-state index contributed by atoms with van der Waals surface area (Å²) in [5, 5.41) is 0. The van der Waals surface area contributed by atoms with E-state index in [1.807, 2.05) is 12.1 Å². The third kappa shape index (κ3) is 3.56. The van der Waals surface area contributed by atoms with E-state index >= 15 is 0 Å². The Balaban J connectivity index is 1.72. The van der Waals surface area contributed by atoms with Gasteiger partial charge < -0.3 is 4.74 Å². The van der Waals surface area contributed by atoms with E-state index in [1.165, 1.54) is 27.8 Å². The van der Waals surface area contributed by atoms with E-state index in [4.69, 9.17) is 4.74 Å². The fourth-order valence-electron chi connectivity index (χ4n) is 3.15. The van der Waals surface area contributed by atoms with Crippen LogP contribution in [0.3, 0.4) is 0 Å². The van der Waals surface area contributed by atoms with E-state index in [-0.39, 0.29) is 0 Å².